The van der Waals surface area contributed by atoms with Crippen molar-refractivity contribution in [3.05, 3.63) is 106 Å². The number of nitrogens with zero attached hydrogens (tertiary/aromatic N) is 2. The molecule has 0 saturated carbocycles. The van der Waals surface area contributed by atoms with Gasteiger partial charge in [0.25, 0.3) is 5.56 Å². The largest absolute Gasteiger partial charge is 0.493 e. The molecule has 1 heterocycles. The van der Waals surface area contributed by atoms with E-state index in [1.807, 2.05) is 30.3 Å². The lowest BCUT2D eigenvalue weighted by Gasteiger charge is -2.11. The summed E-state index contributed by atoms with van der Waals surface area (Å²) in [6, 6.07) is 22.5. The smallest absolute Gasteiger partial charge is 0.252 e. The molecule has 0 aliphatic carbocycles. The molecular formula is C25H21FN4O3. The number of benzene rings is 3. The standard InChI is InChI=1S/C25H21FN4O3/c1-32-23-13-17(11-12-22(23)33-16-19-9-5-6-10-20(19)26)15-27-30-25-28-21(14-24(31)29-25)18-7-3-2-4-8-18/h2-15H,16H2,1H3,(H2,28,29,30,31)/b27-15+. The van der Waals surface area contributed by atoms with Gasteiger partial charge in [-0.3, -0.25) is 9.78 Å². The van der Waals surface area contributed by atoms with Crippen LogP contribution in [0, 0.1) is 5.82 Å². The lowest BCUT2D eigenvalue weighted by molar-refractivity contribution is 0.279. The summed E-state index contributed by atoms with van der Waals surface area (Å²) in [5.41, 5.74) is 4.98. The predicted molar refractivity (Wildman–Crippen MR) is 125 cm³/mol. The van der Waals surface area contributed by atoms with Crippen LogP contribution in [0.15, 0.2) is 88.8 Å². The van der Waals surface area contributed by atoms with Crippen LogP contribution in [0.2, 0.25) is 0 Å². The molecule has 0 saturated heterocycles. The van der Waals surface area contributed by atoms with Crippen LogP contribution in [0.5, 0.6) is 11.5 Å². The van der Waals surface area contributed by atoms with E-state index in [4.69, 9.17) is 9.47 Å². The molecular weight excluding hydrogens is 423 g/mol. The van der Waals surface area contributed by atoms with Crippen LogP contribution in [-0.4, -0.2) is 23.3 Å². The summed E-state index contributed by atoms with van der Waals surface area (Å²) < 4.78 is 24.9. The first-order chi connectivity index (χ1) is 16.1. The van der Waals surface area contributed by atoms with E-state index in [2.05, 4.69) is 20.5 Å². The van der Waals surface area contributed by atoms with Gasteiger partial charge >= 0.3 is 0 Å². The van der Waals surface area contributed by atoms with Gasteiger partial charge in [0.05, 0.1) is 19.0 Å². The summed E-state index contributed by atoms with van der Waals surface area (Å²) in [6.45, 7) is 0.0782. The van der Waals surface area contributed by atoms with Gasteiger partial charge in [0.1, 0.15) is 12.4 Å². The number of methoxy groups -OCH3 is 1. The SMILES string of the molecule is COc1cc(/C=N/Nc2nc(-c3ccccc3)cc(=O)[nH]2)ccc1OCc1ccccc1F. The summed E-state index contributed by atoms with van der Waals surface area (Å²) in [5, 5.41) is 4.14. The average Bonchev–Trinajstić information content (AvgIpc) is 2.84. The lowest BCUT2D eigenvalue weighted by Crippen LogP contribution is -2.10. The summed E-state index contributed by atoms with van der Waals surface area (Å²) in [6.07, 6.45) is 1.55. The average molecular weight is 444 g/mol. The fourth-order valence-electron chi connectivity index (χ4n) is 3.09. The van der Waals surface area contributed by atoms with Crippen LogP contribution in [0.4, 0.5) is 10.3 Å². The van der Waals surface area contributed by atoms with E-state index < -0.39 is 0 Å². The van der Waals surface area contributed by atoms with E-state index in [-0.39, 0.29) is 23.9 Å². The van der Waals surface area contributed by atoms with Crippen LogP contribution in [-0.2, 0) is 6.61 Å². The Labute approximate surface area is 189 Å². The number of aromatic nitrogens is 2. The Bertz CT molecular complexity index is 1320. The number of hydrazone groups is 1. The maximum absolute atomic E-state index is 13.8. The maximum atomic E-state index is 13.8. The van der Waals surface area contributed by atoms with E-state index in [9.17, 15) is 9.18 Å². The highest BCUT2D eigenvalue weighted by Gasteiger charge is 2.08. The third-order valence-electron chi connectivity index (χ3n) is 4.72. The molecule has 166 valence electrons. The fraction of sp³-hybridized carbons (Fsp3) is 0.0800. The molecule has 33 heavy (non-hydrogen) atoms. The molecule has 7 nitrogen and oxygen atoms in total. The zero-order valence-corrected chi connectivity index (χ0v) is 17.8. The topological polar surface area (TPSA) is 88.6 Å². The minimum absolute atomic E-state index is 0.0782. The highest BCUT2D eigenvalue weighted by atomic mass is 19.1. The Morgan fingerprint density at radius 2 is 1.82 bits per heavy atom. The zero-order valence-electron chi connectivity index (χ0n) is 17.8. The number of H-pyrrole nitrogens is 1. The molecule has 0 fully saturated rings. The van der Waals surface area contributed by atoms with Crippen LogP contribution in [0.1, 0.15) is 11.1 Å². The molecule has 0 unspecified atom stereocenters. The maximum Gasteiger partial charge on any atom is 0.252 e. The molecule has 8 heteroatoms. The first-order valence-electron chi connectivity index (χ1n) is 10.1. The van der Waals surface area contributed by atoms with E-state index in [1.54, 1.807) is 42.6 Å². The Hall–Kier alpha value is -4.46. The lowest BCUT2D eigenvalue weighted by atomic mass is 10.1. The Morgan fingerprint density at radius 3 is 2.61 bits per heavy atom. The van der Waals surface area contributed by atoms with Crippen LogP contribution in [0.25, 0.3) is 11.3 Å². The summed E-state index contributed by atoms with van der Waals surface area (Å²) in [5.74, 6) is 0.851. The van der Waals surface area contributed by atoms with Crippen LogP contribution < -0.4 is 20.5 Å². The van der Waals surface area contributed by atoms with Crippen molar-refractivity contribution < 1.29 is 13.9 Å². The number of halogens is 1. The summed E-state index contributed by atoms with van der Waals surface area (Å²) >= 11 is 0. The number of aromatic amines is 1. The molecule has 4 aromatic rings. The minimum Gasteiger partial charge on any atom is -0.493 e. The van der Waals surface area contributed by atoms with Crippen molar-refractivity contribution >= 4 is 12.2 Å². The van der Waals surface area contributed by atoms with Crippen molar-refractivity contribution in [1.29, 1.82) is 0 Å². The Balaban J connectivity index is 1.45. The predicted octanol–water partition coefficient (Wildman–Crippen LogP) is 4.61. The van der Waals surface area contributed by atoms with Crippen molar-refractivity contribution in [2.24, 2.45) is 5.10 Å². The monoisotopic (exact) mass is 444 g/mol. The van der Waals surface area contributed by atoms with Gasteiger partial charge in [-0.2, -0.15) is 5.10 Å². The van der Waals surface area contributed by atoms with Crippen LogP contribution >= 0.6 is 0 Å². The Kier molecular flexibility index (Phi) is 6.75. The van der Waals surface area contributed by atoms with Gasteiger partial charge in [0, 0.05) is 17.2 Å². The van der Waals surface area contributed by atoms with Crippen molar-refractivity contribution in [2.45, 2.75) is 6.61 Å². The number of hydrogen-bond acceptors (Lipinski definition) is 6. The molecule has 0 bridgehead atoms. The quantitative estimate of drug-likeness (QED) is 0.306. The number of nitrogens with one attached hydrogen (secondary N) is 2. The highest BCUT2D eigenvalue weighted by Crippen LogP contribution is 2.28. The third-order valence-corrected chi connectivity index (χ3v) is 4.72. The molecule has 1 aromatic heterocycles. The molecule has 0 spiro atoms. The summed E-state index contributed by atoms with van der Waals surface area (Å²) in [4.78, 5) is 19.0. The Morgan fingerprint density at radius 1 is 1.03 bits per heavy atom. The molecule has 0 amide bonds. The van der Waals surface area contributed by atoms with Gasteiger partial charge in [-0.1, -0.05) is 48.5 Å². The van der Waals surface area contributed by atoms with Gasteiger partial charge < -0.3 is 9.47 Å². The van der Waals surface area contributed by atoms with Gasteiger partial charge in [-0.15, -0.1) is 0 Å². The van der Waals surface area contributed by atoms with E-state index in [0.717, 1.165) is 11.1 Å². The van der Waals surface area contributed by atoms with E-state index >= 15 is 0 Å². The van der Waals surface area contributed by atoms with Crippen LogP contribution in [0.3, 0.4) is 0 Å². The highest BCUT2D eigenvalue weighted by molar-refractivity contribution is 5.81. The van der Waals surface area contributed by atoms with Crippen molar-refractivity contribution in [3.63, 3.8) is 0 Å². The van der Waals surface area contributed by atoms with Gasteiger partial charge in [0.2, 0.25) is 5.95 Å². The number of rotatable bonds is 8. The van der Waals surface area contributed by atoms with Crippen molar-refractivity contribution in [3.8, 4) is 22.8 Å². The normalized spacial score (nSPS) is 10.8. The van der Waals surface area contributed by atoms with Crippen molar-refractivity contribution in [1.82, 2.24) is 9.97 Å². The number of anilines is 1. The second-order valence-corrected chi connectivity index (χ2v) is 7.01. The van der Waals surface area contributed by atoms with Gasteiger partial charge in [-0.05, 0) is 29.8 Å². The van der Waals surface area contributed by atoms with E-state index in [0.29, 0.717) is 22.8 Å². The number of hydrogen-bond donors (Lipinski definition) is 2. The molecule has 0 radical (unpaired) electrons. The number of ether oxygens (including phenoxy) is 2. The zero-order chi connectivity index (χ0) is 23.0. The third kappa shape index (κ3) is 5.62. The molecule has 2 N–H and O–H groups in total. The summed E-state index contributed by atoms with van der Waals surface area (Å²) in [7, 11) is 1.52. The molecule has 0 aliphatic heterocycles. The molecule has 0 aliphatic rings. The second kappa shape index (κ2) is 10.2. The van der Waals surface area contributed by atoms with Gasteiger partial charge in [0.15, 0.2) is 11.5 Å². The van der Waals surface area contributed by atoms with E-state index in [1.165, 1.54) is 19.2 Å². The second-order valence-electron chi connectivity index (χ2n) is 7.01. The fourth-order valence-corrected chi connectivity index (χ4v) is 3.09. The first kappa shape index (κ1) is 21.8. The first-order valence-corrected chi connectivity index (χ1v) is 10.1. The molecule has 4 rings (SSSR count). The molecule has 3 aromatic carbocycles. The molecule has 0 atom stereocenters. The van der Waals surface area contributed by atoms with Crippen molar-refractivity contribution in [2.75, 3.05) is 12.5 Å². The van der Waals surface area contributed by atoms with Gasteiger partial charge in [-0.25, -0.2) is 14.8 Å². The minimum atomic E-state index is -0.325.